The molecule has 2 nitrogen and oxygen atoms in total. The molecule has 1 amide bonds. The van der Waals surface area contributed by atoms with Crippen molar-refractivity contribution in [2.24, 2.45) is 11.7 Å². The molecule has 0 spiro atoms. The topological polar surface area (TPSA) is 43.1 Å². The Bertz CT molecular complexity index is 74.8. The van der Waals surface area contributed by atoms with Gasteiger partial charge in [-0.3, -0.25) is 4.79 Å². The quantitative estimate of drug-likeness (QED) is 0.545. The monoisotopic (exact) mass is 179 g/mol. The van der Waals surface area contributed by atoms with Gasteiger partial charge in [-0.25, -0.2) is 0 Å². The van der Waals surface area contributed by atoms with Crippen LogP contribution in [-0.4, -0.2) is 23.5 Å². The molecule has 1 atom stereocenters. The first-order chi connectivity index (χ1) is 3.18. The Morgan fingerprint density at radius 2 is 2.12 bits per heavy atom. The van der Waals surface area contributed by atoms with Gasteiger partial charge in [0.05, 0.1) is 0 Å². The van der Waals surface area contributed by atoms with Crippen LogP contribution in [0.2, 0.25) is 0 Å². The molecular formula is C5H15GeNO. The predicted molar refractivity (Wildman–Crippen MR) is 40.0 cm³/mol. The minimum absolute atomic E-state index is 0. The summed E-state index contributed by atoms with van der Waals surface area (Å²) in [7, 11) is 0. The van der Waals surface area contributed by atoms with E-state index >= 15 is 0 Å². The molecule has 0 aromatic heterocycles. The van der Waals surface area contributed by atoms with Crippen LogP contribution < -0.4 is 5.73 Å². The molecule has 50 valence electrons. The van der Waals surface area contributed by atoms with E-state index in [1.54, 1.807) is 0 Å². The third-order valence-corrected chi connectivity index (χ3v) is 1.10. The zero-order valence-corrected chi connectivity index (χ0v) is 4.77. The van der Waals surface area contributed by atoms with Crippen LogP contribution in [0.4, 0.5) is 0 Å². The molecule has 0 bridgehead atoms. The van der Waals surface area contributed by atoms with Gasteiger partial charge in [-0.1, -0.05) is 13.8 Å². The fourth-order valence-corrected chi connectivity index (χ4v) is 0.201. The van der Waals surface area contributed by atoms with Crippen LogP contribution in [0, 0.1) is 5.92 Å². The zero-order chi connectivity index (χ0) is 5.86. The number of primary amides is 1. The number of rotatable bonds is 2. The van der Waals surface area contributed by atoms with Crippen LogP contribution in [0.1, 0.15) is 20.3 Å². The summed E-state index contributed by atoms with van der Waals surface area (Å²) < 4.78 is 0. The van der Waals surface area contributed by atoms with Gasteiger partial charge in [0.25, 0.3) is 0 Å². The molecule has 2 N–H and O–H groups in total. The van der Waals surface area contributed by atoms with Crippen molar-refractivity contribution < 1.29 is 4.79 Å². The van der Waals surface area contributed by atoms with Crippen molar-refractivity contribution in [2.45, 2.75) is 20.3 Å². The number of nitrogens with two attached hydrogens (primary N) is 1. The second-order valence-electron chi connectivity index (χ2n) is 1.71. The number of hydrogen-bond donors (Lipinski definition) is 1. The summed E-state index contributed by atoms with van der Waals surface area (Å²) in [6, 6.07) is 0. The molecule has 3 heteroatoms. The van der Waals surface area contributed by atoms with E-state index in [2.05, 4.69) is 0 Å². The van der Waals surface area contributed by atoms with Crippen molar-refractivity contribution in [3.8, 4) is 0 Å². The second-order valence-corrected chi connectivity index (χ2v) is 1.71. The summed E-state index contributed by atoms with van der Waals surface area (Å²) in [4.78, 5) is 10.2. The maximum absolute atomic E-state index is 10.2. The molecule has 0 radical (unpaired) electrons. The van der Waals surface area contributed by atoms with E-state index in [9.17, 15) is 4.79 Å². The average molecular weight is 178 g/mol. The molecule has 0 aromatic rings. The third kappa shape index (κ3) is 4.18. The molecule has 0 heterocycles. The van der Waals surface area contributed by atoms with Gasteiger partial charge in [0.1, 0.15) is 0 Å². The Hall–Kier alpha value is 0.0129. The molecule has 0 aliphatic carbocycles. The Labute approximate surface area is 60.8 Å². The van der Waals surface area contributed by atoms with Crippen LogP contribution in [0.3, 0.4) is 0 Å². The van der Waals surface area contributed by atoms with Gasteiger partial charge in [-0.2, -0.15) is 0 Å². The number of amides is 1. The van der Waals surface area contributed by atoms with E-state index in [1.165, 1.54) is 0 Å². The van der Waals surface area contributed by atoms with E-state index < -0.39 is 0 Å². The van der Waals surface area contributed by atoms with Gasteiger partial charge in [0.2, 0.25) is 5.91 Å². The number of carbonyl (C=O) groups is 1. The number of hydrogen-bond acceptors (Lipinski definition) is 1. The van der Waals surface area contributed by atoms with Crippen molar-refractivity contribution in [1.29, 1.82) is 0 Å². The third-order valence-electron chi connectivity index (χ3n) is 1.10. The summed E-state index contributed by atoms with van der Waals surface area (Å²) in [6.45, 7) is 3.76. The molecule has 0 aliphatic heterocycles. The van der Waals surface area contributed by atoms with Crippen LogP contribution in [0.5, 0.6) is 0 Å². The Morgan fingerprint density at radius 3 is 2.12 bits per heavy atom. The van der Waals surface area contributed by atoms with Gasteiger partial charge >= 0.3 is 17.6 Å². The van der Waals surface area contributed by atoms with Crippen LogP contribution in [-0.2, 0) is 4.79 Å². The summed E-state index contributed by atoms with van der Waals surface area (Å²) in [6.07, 6.45) is 0.843. The second kappa shape index (κ2) is 5.16. The van der Waals surface area contributed by atoms with E-state index in [0.717, 1.165) is 6.42 Å². The van der Waals surface area contributed by atoms with Crippen molar-refractivity contribution in [3.05, 3.63) is 0 Å². The molecule has 1 unspecified atom stereocenters. The molecule has 8 heavy (non-hydrogen) atoms. The maximum atomic E-state index is 10.2. The standard InChI is InChI=1S/C5H11NO.GeH4/c1-3-4(2)5(6)7;/h4H,3H2,1-2H3,(H2,6,7);1H4. The Balaban J connectivity index is 0. The van der Waals surface area contributed by atoms with E-state index in [-0.39, 0.29) is 29.4 Å². The summed E-state index contributed by atoms with van der Waals surface area (Å²) in [5.41, 5.74) is 4.91. The first-order valence-electron chi connectivity index (χ1n) is 2.47. The molecule has 0 saturated carbocycles. The fourth-order valence-electron chi connectivity index (χ4n) is 0.201. The Kier molecular flexibility index (Phi) is 7.02. The van der Waals surface area contributed by atoms with E-state index in [0.29, 0.717) is 0 Å². The summed E-state index contributed by atoms with van der Waals surface area (Å²) in [5.74, 6) is -0.164. The van der Waals surface area contributed by atoms with Crippen LogP contribution in [0.15, 0.2) is 0 Å². The summed E-state index contributed by atoms with van der Waals surface area (Å²) in [5, 5.41) is 0. The van der Waals surface area contributed by atoms with Crippen molar-refractivity contribution in [2.75, 3.05) is 0 Å². The SMILES string of the molecule is CCC(C)C(N)=O.[GeH4]. The first-order valence-corrected chi connectivity index (χ1v) is 2.47. The van der Waals surface area contributed by atoms with Gasteiger partial charge in [-0.05, 0) is 6.42 Å². The molecule has 0 aliphatic rings. The average Bonchev–Trinajstić information content (AvgIpc) is 1.65. The molecular weight excluding hydrogens is 163 g/mol. The molecule has 0 fully saturated rings. The van der Waals surface area contributed by atoms with Crippen LogP contribution >= 0.6 is 0 Å². The summed E-state index contributed by atoms with van der Waals surface area (Å²) >= 11 is 0. The minimum atomic E-state index is -0.206. The fraction of sp³-hybridized carbons (Fsp3) is 0.800. The Morgan fingerprint density at radius 1 is 1.75 bits per heavy atom. The molecule has 0 rings (SSSR count). The first kappa shape index (κ1) is 10.9. The zero-order valence-electron chi connectivity index (χ0n) is 4.77. The van der Waals surface area contributed by atoms with Crippen LogP contribution in [0.25, 0.3) is 0 Å². The number of carbonyl (C=O) groups excluding carboxylic acids is 1. The van der Waals surface area contributed by atoms with Gasteiger partial charge in [-0.15, -0.1) is 0 Å². The van der Waals surface area contributed by atoms with E-state index in [1.807, 2.05) is 13.8 Å². The molecule has 0 aromatic carbocycles. The van der Waals surface area contributed by atoms with Gasteiger partial charge in [0, 0.05) is 5.92 Å². The normalized spacial score (nSPS) is 11.8. The van der Waals surface area contributed by atoms with Crippen molar-refractivity contribution >= 4 is 23.5 Å². The van der Waals surface area contributed by atoms with Crippen molar-refractivity contribution in [1.82, 2.24) is 0 Å². The van der Waals surface area contributed by atoms with Gasteiger partial charge < -0.3 is 5.73 Å². The van der Waals surface area contributed by atoms with E-state index in [4.69, 9.17) is 5.73 Å². The predicted octanol–water partition coefficient (Wildman–Crippen LogP) is -0.934. The molecule has 0 saturated heterocycles. The van der Waals surface area contributed by atoms with Gasteiger partial charge in [0.15, 0.2) is 0 Å². The van der Waals surface area contributed by atoms with Crippen molar-refractivity contribution in [3.63, 3.8) is 0 Å².